The maximum absolute atomic E-state index is 12.6. The van der Waals surface area contributed by atoms with E-state index in [9.17, 15) is 75.6 Å². The molecule has 0 saturated heterocycles. The molecule has 0 spiro atoms. The molecular weight excluding hydrogens is 1080 g/mol. The fourth-order valence-corrected chi connectivity index (χ4v) is 9.93. The van der Waals surface area contributed by atoms with Crippen molar-refractivity contribution in [3.05, 3.63) is 0 Å². The molecule has 444 valence electrons. The number of amides is 2. The van der Waals surface area contributed by atoms with Crippen molar-refractivity contribution >= 4 is 67.9 Å². The Morgan fingerprint density at radius 2 is 0.551 bits per heavy atom. The van der Waals surface area contributed by atoms with Crippen molar-refractivity contribution in [1.82, 2.24) is 9.80 Å². The van der Waals surface area contributed by atoms with Gasteiger partial charge in [-0.2, -0.15) is 16.8 Å². The van der Waals surface area contributed by atoms with Gasteiger partial charge in [0.2, 0.25) is 11.8 Å². The van der Waals surface area contributed by atoms with Gasteiger partial charge in [-0.1, -0.05) is 206 Å². The zero-order valence-electron chi connectivity index (χ0n) is 47.3. The van der Waals surface area contributed by atoms with Gasteiger partial charge in [0.1, 0.15) is 22.6 Å². The summed E-state index contributed by atoms with van der Waals surface area (Å²) >= 11 is 0. The van der Waals surface area contributed by atoms with Crippen LogP contribution in [0.3, 0.4) is 0 Å². The topological polar surface area (TPSA) is 379 Å². The van der Waals surface area contributed by atoms with Crippen molar-refractivity contribution in [1.29, 1.82) is 0 Å². The van der Waals surface area contributed by atoms with E-state index in [2.05, 4.69) is 13.8 Å². The van der Waals surface area contributed by atoms with Crippen LogP contribution in [0.5, 0.6) is 0 Å². The van der Waals surface area contributed by atoms with Gasteiger partial charge in [0.05, 0.1) is 37.6 Å². The average molecular weight is 1180 g/mol. The van der Waals surface area contributed by atoms with Gasteiger partial charge in [-0.3, -0.25) is 28.3 Å². The van der Waals surface area contributed by atoms with E-state index in [0.29, 0.717) is 35.5 Å². The molecule has 0 rings (SSSR count). The van der Waals surface area contributed by atoms with Crippen LogP contribution in [0.4, 0.5) is 0 Å². The first-order valence-corrected chi connectivity index (χ1v) is 30.7. The molecule has 22 nitrogen and oxygen atoms in total. The molecule has 0 aliphatic heterocycles. The maximum atomic E-state index is 12.6. The number of unbranched alkanes of at least 4 members (excludes halogenated alkanes) is 30. The number of nitrogens with zero attached hydrogens (tertiary/aromatic N) is 2. The molecule has 6 N–H and O–H groups in total. The molecule has 0 aliphatic carbocycles. The number of carbonyl (C=O) groups excluding carboxylic acids is 4. The van der Waals surface area contributed by atoms with Gasteiger partial charge in [0.25, 0.3) is 20.2 Å². The Balaban J connectivity index is -0.000000684. The molecule has 4 unspecified atom stereocenters. The fraction of sp³-hybridized carbons (Fsp3) is 0.846. The number of rotatable bonds is 50. The quantitative estimate of drug-likeness (QED) is 0.0279. The maximum Gasteiger partial charge on any atom is 1.00 e. The van der Waals surface area contributed by atoms with E-state index in [1.54, 1.807) is 0 Å². The molecular formula is C52H92N2Na2O20S2. The Morgan fingerprint density at radius 3 is 0.705 bits per heavy atom. The third-order valence-corrected chi connectivity index (χ3v) is 15.3. The number of hydrogen-bond donors (Lipinski definition) is 6. The Bertz CT molecular complexity index is 1780. The first-order valence-electron chi connectivity index (χ1n) is 27.7. The van der Waals surface area contributed by atoms with Crippen LogP contribution < -0.4 is 69.3 Å². The van der Waals surface area contributed by atoms with Crippen molar-refractivity contribution in [2.75, 3.05) is 13.1 Å². The Hall–Kier alpha value is -2.42. The van der Waals surface area contributed by atoms with Crippen LogP contribution in [-0.2, 0) is 58.6 Å². The molecule has 0 aliphatic rings. The summed E-state index contributed by atoms with van der Waals surface area (Å²) in [6, 6.07) is -3.61. The van der Waals surface area contributed by atoms with Gasteiger partial charge < -0.3 is 50.0 Å². The first-order chi connectivity index (χ1) is 35.8. The minimum Gasteiger partial charge on any atom is -0.549 e. The van der Waals surface area contributed by atoms with Crippen LogP contribution in [0.25, 0.3) is 0 Å². The molecule has 0 radical (unpaired) electrons. The smallest absolute Gasteiger partial charge is 0.549 e. The van der Waals surface area contributed by atoms with Crippen LogP contribution in [0.1, 0.15) is 245 Å². The SMILES string of the molecule is CCCCCCCCCCCCCCCCCCN(C(=O)CC(C(=O)[O-])S(=O)(=O)O)C(CC(=O)O)C(=O)O.CCCCCCCCCCCCCCCCCCN(C(=O)CC(C(=O)[O-])S(=O)(=O)O)C(CC(=O)O)C(=O)O.[Na+].[Na+]. The number of hydrogen-bond acceptors (Lipinski definition) is 14. The van der Waals surface area contributed by atoms with Crippen LogP contribution in [0, 0.1) is 0 Å². The number of carboxylic acids is 6. The van der Waals surface area contributed by atoms with Crippen LogP contribution >= 0.6 is 0 Å². The summed E-state index contributed by atoms with van der Waals surface area (Å²) in [5, 5.41) is 53.9. The van der Waals surface area contributed by atoms with Gasteiger partial charge in [-0.15, -0.1) is 0 Å². The predicted molar refractivity (Wildman–Crippen MR) is 280 cm³/mol. The van der Waals surface area contributed by atoms with E-state index in [-0.39, 0.29) is 72.2 Å². The molecule has 0 heterocycles. The van der Waals surface area contributed by atoms with Gasteiger partial charge in [-0.05, 0) is 12.8 Å². The van der Waals surface area contributed by atoms with Crippen molar-refractivity contribution in [2.45, 2.75) is 268 Å². The molecule has 26 heteroatoms. The van der Waals surface area contributed by atoms with Crippen molar-refractivity contribution in [3.8, 4) is 0 Å². The van der Waals surface area contributed by atoms with Crippen LogP contribution in [0.2, 0.25) is 0 Å². The molecule has 78 heavy (non-hydrogen) atoms. The molecule has 0 aromatic rings. The Kier molecular flexibility index (Phi) is 52.9. The van der Waals surface area contributed by atoms with Gasteiger partial charge in [0.15, 0.2) is 0 Å². The van der Waals surface area contributed by atoms with E-state index < -0.39 is 116 Å². The predicted octanol–water partition coefficient (Wildman–Crippen LogP) is 0.810. The fourth-order valence-electron chi connectivity index (χ4n) is 8.73. The van der Waals surface area contributed by atoms with E-state index in [1.165, 1.54) is 128 Å². The summed E-state index contributed by atoms with van der Waals surface area (Å²) in [6.45, 7) is 4.06. The Labute approximate surface area is 508 Å². The molecule has 0 saturated carbocycles. The molecule has 4 atom stereocenters. The van der Waals surface area contributed by atoms with E-state index in [0.717, 1.165) is 51.4 Å². The summed E-state index contributed by atoms with van der Waals surface area (Å²) in [5.74, 6) is -13.1. The zero-order chi connectivity index (χ0) is 58.0. The molecule has 0 aromatic carbocycles. The largest absolute Gasteiger partial charge is 1.00 e. The number of carbonyl (C=O) groups is 8. The van der Waals surface area contributed by atoms with Gasteiger partial charge in [-0.25, -0.2) is 9.59 Å². The van der Waals surface area contributed by atoms with E-state index >= 15 is 0 Å². The van der Waals surface area contributed by atoms with E-state index in [4.69, 9.17) is 19.3 Å². The van der Waals surface area contributed by atoms with Crippen molar-refractivity contribution in [2.24, 2.45) is 0 Å². The average Bonchev–Trinajstić information content (AvgIpc) is 3.32. The first kappa shape index (κ1) is 82.0. The summed E-state index contributed by atoms with van der Waals surface area (Å²) in [4.78, 5) is 94.2. The van der Waals surface area contributed by atoms with Crippen LogP contribution in [0.15, 0.2) is 0 Å². The third-order valence-electron chi connectivity index (χ3n) is 13.2. The van der Waals surface area contributed by atoms with Crippen molar-refractivity contribution < 1.29 is 154 Å². The van der Waals surface area contributed by atoms with E-state index in [1.807, 2.05) is 0 Å². The summed E-state index contributed by atoms with van der Waals surface area (Å²) in [6.07, 6.45) is 31.1. The summed E-state index contributed by atoms with van der Waals surface area (Å²) in [5.41, 5.74) is 0. The number of carboxylic acid groups (broad SMARTS) is 6. The molecule has 0 bridgehead atoms. The second-order valence-electron chi connectivity index (χ2n) is 19.7. The molecule has 0 fully saturated rings. The molecule has 0 aromatic heterocycles. The number of aliphatic carboxylic acids is 6. The summed E-state index contributed by atoms with van der Waals surface area (Å²) < 4.78 is 63.3. The van der Waals surface area contributed by atoms with Gasteiger partial charge in [0, 0.05) is 13.1 Å². The second kappa shape index (κ2) is 50.3. The summed E-state index contributed by atoms with van der Waals surface area (Å²) in [7, 11) is -10.4. The standard InChI is InChI=1S/2C26H47NO10S.2Na/c2*1-2-3-4-5-6-7-8-9-10-11-12-13-14-15-16-17-18-27(21(25(31)32)19-24(29)30)23(28)20-22(26(33)34)38(35,36)37;;/h2*21-22H,2-20H2,1H3,(H,29,30)(H,31,32)(H,33,34)(H,35,36,37);;/q;;2*+1/p-2. The molecule has 2 amide bonds. The minimum atomic E-state index is -5.19. The second-order valence-corrected chi connectivity index (χ2v) is 22.9. The normalized spacial score (nSPS) is 12.8. The minimum absolute atomic E-state index is 0. The third kappa shape index (κ3) is 44.3. The monoisotopic (exact) mass is 1170 g/mol. The zero-order valence-corrected chi connectivity index (χ0v) is 52.9. The van der Waals surface area contributed by atoms with Crippen LogP contribution in [-0.4, -0.2) is 139 Å². The van der Waals surface area contributed by atoms with Crippen molar-refractivity contribution in [3.63, 3.8) is 0 Å². The Morgan fingerprint density at radius 1 is 0.359 bits per heavy atom. The van der Waals surface area contributed by atoms with Gasteiger partial charge >= 0.3 is 83.0 Å².